The van der Waals surface area contributed by atoms with Crippen LogP contribution < -0.4 is 0 Å². The number of aliphatic hydroxyl groups excluding tert-OH is 1. The maximum atomic E-state index is 11.4. The fourth-order valence-electron chi connectivity index (χ4n) is 1.95. The minimum atomic E-state index is -0.0720. The fourth-order valence-corrected chi connectivity index (χ4v) is 1.95. The van der Waals surface area contributed by atoms with E-state index in [1.165, 1.54) is 0 Å². The zero-order chi connectivity index (χ0) is 10.4. The van der Waals surface area contributed by atoms with Gasteiger partial charge in [0.25, 0.3) is 0 Å². The van der Waals surface area contributed by atoms with Crippen molar-refractivity contribution in [1.82, 2.24) is 0 Å². The number of carbonyl (C=O) groups excluding carboxylic acids is 2. The smallest absolute Gasteiger partial charge is 0.135 e. The van der Waals surface area contributed by atoms with Crippen molar-refractivity contribution in [2.75, 3.05) is 6.61 Å². The van der Waals surface area contributed by atoms with Crippen LogP contribution in [0.3, 0.4) is 0 Å². The van der Waals surface area contributed by atoms with E-state index in [4.69, 9.17) is 5.11 Å². The maximum Gasteiger partial charge on any atom is 0.135 e. The van der Waals surface area contributed by atoms with Gasteiger partial charge in [0.05, 0.1) is 0 Å². The van der Waals surface area contributed by atoms with Gasteiger partial charge in [0.15, 0.2) is 0 Å². The summed E-state index contributed by atoms with van der Waals surface area (Å²) in [6.07, 6.45) is 5.16. The summed E-state index contributed by atoms with van der Waals surface area (Å²) in [4.78, 5) is 22.5. The first-order valence-electron chi connectivity index (χ1n) is 5.39. The van der Waals surface area contributed by atoms with E-state index in [0.29, 0.717) is 25.0 Å². The van der Waals surface area contributed by atoms with E-state index in [-0.39, 0.29) is 24.7 Å². The van der Waals surface area contributed by atoms with Crippen LogP contribution in [-0.2, 0) is 9.59 Å². The average Bonchev–Trinajstić information content (AvgIpc) is 2.17. The Kier molecular flexibility index (Phi) is 4.80. The molecule has 0 heterocycles. The SMILES string of the molecule is O=C(CCO)CCC1CCCCC1=O. The van der Waals surface area contributed by atoms with E-state index >= 15 is 0 Å². The molecule has 0 aromatic rings. The quantitative estimate of drug-likeness (QED) is 0.728. The minimum absolute atomic E-state index is 0.0720. The van der Waals surface area contributed by atoms with E-state index in [1.54, 1.807) is 0 Å². The van der Waals surface area contributed by atoms with Crippen molar-refractivity contribution < 1.29 is 14.7 Å². The Hall–Kier alpha value is -0.700. The van der Waals surface area contributed by atoms with Crippen LogP contribution in [-0.4, -0.2) is 23.3 Å². The molecule has 0 radical (unpaired) electrons. The van der Waals surface area contributed by atoms with Crippen LogP contribution >= 0.6 is 0 Å². The largest absolute Gasteiger partial charge is 0.396 e. The summed E-state index contributed by atoms with van der Waals surface area (Å²) in [7, 11) is 0. The molecule has 1 N–H and O–H groups in total. The molecule has 80 valence electrons. The number of ketones is 2. The average molecular weight is 198 g/mol. The summed E-state index contributed by atoms with van der Waals surface area (Å²) in [5.41, 5.74) is 0. The maximum absolute atomic E-state index is 11.4. The third-order valence-corrected chi connectivity index (χ3v) is 2.84. The monoisotopic (exact) mass is 198 g/mol. The standard InChI is InChI=1S/C11H18O3/c12-8-7-10(13)6-5-9-3-1-2-4-11(9)14/h9,12H,1-8H2. The third-order valence-electron chi connectivity index (χ3n) is 2.84. The summed E-state index contributed by atoms with van der Waals surface area (Å²) in [6.45, 7) is -0.0720. The minimum Gasteiger partial charge on any atom is -0.396 e. The van der Waals surface area contributed by atoms with Gasteiger partial charge in [0.1, 0.15) is 11.6 Å². The first-order chi connectivity index (χ1) is 6.74. The molecule has 1 unspecified atom stereocenters. The highest BCUT2D eigenvalue weighted by molar-refractivity contribution is 5.83. The van der Waals surface area contributed by atoms with E-state index in [1.807, 2.05) is 0 Å². The Labute approximate surface area is 84.5 Å². The zero-order valence-corrected chi connectivity index (χ0v) is 8.50. The molecule has 0 aliphatic heterocycles. The molecule has 1 atom stereocenters. The van der Waals surface area contributed by atoms with Crippen molar-refractivity contribution in [2.45, 2.75) is 44.9 Å². The highest BCUT2D eigenvalue weighted by Crippen LogP contribution is 2.24. The number of carbonyl (C=O) groups is 2. The topological polar surface area (TPSA) is 54.4 Å². The third kappa shape index (κ3) is 3.58. The normalized spacial score (nSPS) is 22.4. The van der Waals surface area contributed by atoms with Crippen molar-refractivity contribution >= 4 is 11.6 Å². The van der Waals surface area contributed by atoms with Gasteiger partial charge in [0, 0.05) is 31.8 Å². The van der Waals surface area contributed by atoms with Crippen LogP contribution in [0.4, 0.5) is 0 Å². The molecular weight excluding hydrogens is 180 g/mol. The van der Waals surface area contributed by atoms with Gasteiger partial charge in [-0.2, -0.15) is 0 Å². The number of hydrogen-bond acceptors (Lipinski definition) is 3. The van der Waals surface area contributed by atoms with E-state index < -0.39 is 0 Å². The van der Waals surface area contributed by atoms with Crippen molar-refractivity contribution in [3.8, 4) is 0 Å². The number of rotatable bonds is 5. The Balaban J connectivity index is 2.22. The van der Waals surface area contributed by atoms with E-state index in [0.717, 1.165) is 19.3 Å². The van der Waals surface area contributed by atoms with Crippen molar-refractivity contribution in [3.05, 3.63) is 0 Å². The van der Waals surface area contributed by atoms with Gasteiger partial charge in [0.2, 0.25) is 0 Å². The lowest BCUT2D eigenvalue weighted by Crippen LogP contribution is -2.20. The summed E-state index contributed by atoms with van der Waals surface area (Å²) < 4.78 is 0. The Morgan fingerprint density at radius 2 is 2.14 bits per heavy atom. The highest BCUT2D eigenvalue weighted by atomic mass is 16.3. The number of Topliss-reactive ketones (excluding diaryl/α,β-unsaturated/α-hetero) is 2. The van der Waals surface area contributed by atoms with Crippen molar-refractivity contribution in [3.63, 3.8) is 0 Å². The summed E-state index contributed by atoms with van der Waals surface area (Å²) in [6, 6.07) is 0. The van der Waals surface area contributed by atoms with E-state index in [2.05, 4.69) is 0 Å². The molecule has 1 aliphatic rings. The number of aliphatic hydroxyl groups is 1. The van der Waals surface area contributed by atoms with Crippen LogP contribution in [0.25, 0.3) is 0 Å². The van der Waals surface area contributed by atoms with Crippen LogP contribution in [0, 0.1) is 5.92 Å². The van der Waals surface area contributed by atoms with Gasteiger partial charge < -0.3 is 5.11 Å². The number of hydrogen-bond donors (Lipinski definition) is 1. The second-order valence-electron chi connectivity index (χ2n) is 3.96. The van der Waals surface area contributed by atoms with Crippen molar-refractivity contribution in [2.24, 2.45) is 5.92 Å². The Morgan fingerprint density at radius 1 is 1.36 bits per heavy atom. The lowest BCUT2D eigenvalue weighted by Gasteiger charge is -2.19. The molecular formula is C11H18O3. The molecule has 1 saturated carbocycles. The predicted molar refractivity (Wildman–Crippen MR) is 52.9 cm³/mol. The molecule has 0 saturated heterocycles. The molecule has 0 amide bonds. The molecule has 1 fully saturated rings. The summed E-state index contributed by atoms with van der Waals surface area (Å²) >= 11 is 0. The second kappa shape index (κ2) is 5.91. The van der Waals surface area contributed by atoms with Crippen LogP contribution in [0.5, 0.6) is 0 Å². The van der Waals surface area contributed by atoms with Crippen molar-refractivity contribution in [1.29, 1.82) is 0 Å². The summed E-state index contributed by atoms with van der Waals surface area (Å²) in [5.74, 6) is 0.519. The van der Waals surface area contributed by atoms with Gasteiger partial charge in [-0.15, -0.1) is 0 Å². The molecule has 1 aliphatic carbocycles. The Morgan fingerprint density at radius 3 is 2.79 bits per heavy atom. The summed E-state index contributed by atoms with van der Waals surface area (Å²) in [5, 5.41) is 8.54. The lowest BCUT2D eigenvalue weighted by atomic mass is 9.84. The van der Waals surface area contributed by atoms with Crippen LogP contribution in [0.15, 0.2) is 0 Å². The molecule has 0 spiro atoms. The van der Waals surface area contributed by atoms with E-state index in [9.17, 15) is 9.59 Å². The zero-order valence-electron chi connectivity index (χ0n) is 8.50. The van der Waals surface area contributed by atoms with Gasteiger partial charge >= 0.3 is 0 Å². The fraction of sp³-hybridized carbons (Fsp3) is 0.818. The molecule has 1 rings (SSSR count). The molecule has 3 nitrogen and oxygen atoms in total. The van der Waals surface area contributed by atoms with Crippen LogP contribution in [0.1, 0.15) is 44.9 Å². The first kappa shape index (κ1) is 11.4. The van der Waals surface area contributed by atoms with Crippen LogP contribution in [0.2, 0.25) is 0 Å². The van der Waals surface area contributed by atoms with Gasteiger partial charge in [-0.1, -0.05) is 6.42 Å². The van der Waals surface area contributed by atoms with Gasteiger partial charge in [-0.05, 0) is 19.3 Å². The van der Waals surface area contributed by atoms with Gasteiger partial charge in [-0.3, -0.25) is 9.59 Å². The molecule has 0 aromatic carbocycles. The molecule has 0 bridgehead atoms. The predicted octanol–water partition coefficient (Wildman–Crippen LogP) is 1.48. The van der Waals surface area contributed by atoms with Gasteiger partial charge in [-0.25, -0.2) is 0 Å². The molecule has 14 heavy (non-hydrogen) atoms. The first-order valence-corrected chi connectivity index (χ1v) is 5.39. The highest BCUT2D eigenvalue weighted by Gasteiger charge is 2.22. The lowest BCUT2D eigenvalue weighted by molar-refractivity contribution is -0.125. The molecule has 0 aromatic heterocycles. The molecule has 3 heteroatoms. The second-order valence-corrected chi connectivity index (χ2v) is 3.96. The Bertz CT molecular complexity index is 211.